The van der Waals surface area contributed by atoms with E-state index in [0.29, 0.717) is 11.6 Å². The lowest BCUT2D eigenvalue weighted by Crippen LogP contribution is -2.21. The van der Waals surface area contributed by atoms with Crippen LogP contribution in [0.3, 0.4) is 0 Å². The predicted octanol–water partition coefficient (Wildman–Crippen LogP) is 4.51. The molecule has 0 aliphatic rings. The Morgan fingerprint density at radius 2 is 1.39 bits per heavy atom. The number of carboxylic acid groups (broad SMARTS) is 1. The molecule has 0 amide bonds. The Balaban J connectivity index is 1.68. The molecule has 0 aliphatic carbocycles. The first-order chi connectivity index (χ1) is 13.6. The zero-order valence-corrected chi connectivity index (χ0v) is 15.9. The highest BCUT2D eigenvalue weighted by Gasteiger charge is 2.05. The standard InChI is InChI=1S/C21H23N5O2/c1-3-26(4-2)18-11-9-17(10-12-18)25-20-13-19(22-14-23-20)24-16-7-5-15(6-8-16)21(27)28/h5-14H,3-4H2,1-2H3,(H,27,28)(H2,22,23,24,25). The largest absolute Gasteiger partial charge is 0.478 e. The molecule has 2 aromatic carbocycles. The normalized spacial score (nSPS) is 10.4. The molecule has 0 unspecified atom stereocenters. The predicted molar refractivity (Wildman–Crippen MR) is 112 cm³/mol. The molecule has 1 aromatic heterocycles. The summed E-state index contributed by atoms with van der Waals surface area (Å²) in [6.45, 7) is 6.22. The highest BCUT2D eigenvalue weighted by molar-refractivity contribution is 5.88. The van der Waals surface area contributed by atoms with Gasteiger partial charge in [-0.2, -0.15) is 0 Å². The second-order valence-corrected chi connectivity index (χ2v) is 6.14. The molecule has 3 rings (SSSR count). The summed E-state index contributed by atoms with van der Waals surface area (Å²) in [5.41, 5.74) is 3.11. The van der Waals surface area contributed by atoms with Gasteiger partial charge in [-0.3, -0.25) is 0 Å². The van der Waals surface area contributed by atoms with Gasteiger partial charge in [0.25, 0.3) is 0 Å². The maximum atomic E-state index is 10.9. The lowest BCUT2D eigenvalue weighted by Gasteiger charge is -2.21. The molecule has 3 N–H and O–H groups in total. The van der Waals surface area contributed by atoms with Crippen LogP contribution in [0.4, 0.5) is 28.7 Å². The fourth-order valence-corrected chi connectivity index (χ4v) is 2.83. The molecular formula is C21H23N5O2. The summed E-state index contributed by atoms with van der Waals surface area (Å²) in [6.07, 6.45) is 1.47. The molecule has 144 valence electrons. The number of carboxylic acids is 1. The van der Waals surface area contributed by atoms with Crippen LogP contribution in [0.5, 0.6) is 0 Å². The first kappa shape index (κ1) is 19.2. The number of rotatable bonds is 8. The molecule has 28 heavy (non-hydrogen) atoms. The van der Waals surface area contributed by atoms with Crippen LogP contribution >= 0.6 is 0 Å². The lowest BCUT2D eigenvalue weighted by atomic mass is 10.2. The van der Waals surface area contributed by atoms with E-state index in [-0.39, 0.29) is 5.56 Å². The molecule has 0 atom stereocenters. The molecular weight excluding hydrogens is 354 g/mol. The Hall–Kier alpha value is -3.61. The Morgan fingerprint density at radius 3 is 1.86 bits per heavy atom. The van der Waals surface area contributed by atoms with E-state index in [1.165, 1.54) is 12.0 Å². The number of hydrogen-bond acceptors (Lipinski definition) is 6. The van der Waals surface area contributed by atoms with Gasteiger partial charge in [-0.05, 0) is 62.4 Å². The molecule has 0 saturated heterocycles. The van der Waals surface area contributed by atoms with Crippen molar-refractivity contribution in [1.29, 1.82) is 0 Å². The lowest BCUT2D eigenvalue weighted by molar-refractivity contribution is 0.0697. The number of aromatic nitrogens is 2. The van der Waals surface area contributed by atoms with Crippen molar-refractivity contribution in [2.45, 2.75) is 13.8 Å². The van der Waals surface area contributed by atoms with Crippen LogP contribution in [0.2, 0.25) is 0 Å². The quantitative estimate of drug-likeness (QED) is 0.532. The van der Waals surface area contributed by atoms with Crippen molar-refractivity contribution in [3.05, 3.63) is 66.5 Å². The Bertz CT molecular complexity index is 922. The summed E-state index contributed by atoms with van der Waals surface area (Å²) in [5.74, 6) is 0.322. The molecule has 0 fully saturated rings. The van der Waals surface area contributed by atoms with Crippen molar-refractivity contribution in [3.8, 4) is 0 Å². The van der Waals surface area contributed by atoms with Gasteiger partial charge in [0.1, 0.15) is 18.0 Å². The van der Waals surface area contributed by atoms with Crippen LogP contribution in [0.1, 0.15) is 24.2 Å². The number of nitrogens with zero attached hydrogens (tertiary/aromatic N) is 3. The topological polar surface area (TPSA) is 90.4 Å². The zero-order chi connectivity index (χ0) is 19.9. The molecule has 3 aromatic rings. The van der Waals surface area contributed by atoms with Gasteiger partial charge >= 0.3 is 5.97 Å². The molecule has 0 saturated carbocycles. The van der Waals surface area contributed by atoms with E-state index in [9.17, 15) is 4.79 Å². The summed E-state index contributed by atoms with van der Waals surface area (Å²) in [6, 6.07) is 16.5. The molecule has 0 radical (unpaired) electrons. The minimum atomic E-state index is -0.952. The van der Waals surface area contributed by atoms with Crippen molar-refractivity contribution in [2.75, 3.05) is 28.6 Å². The highest BCUT2D eigenvalue weighted by atomic mass is 16.4. The first-order valence-electron chi connectivity index (χ1n) is 9.13. The van der Waals surface area contributed by atoms with E-state index >= 15 is 0 Å². The van der Waals surface area contributed by atoms with Crippen LogP contribution in [0, 0.1) is 0 Å². The van der Waals surface area contributed by atoms with Crippen LogP contribution in [-0.2, 0) is 0 Å². The minimum Gasteiger partial charge on any atom is -0.478 e. The van der Waals surface area contributed by atoms with Gasteiger partial charge in [0.05, 0.1) is 5.56 Å². The van der Waals surface area contributed by atoms with Crippen LogP contribution < -0.4 is 15.5 Å². The van der Waals surface area contributed by atoms with Gasteiger partial charge in [0.15, 0.2) is 0 Å². The fraction of sp³-hybridized carbons (Fsp3) is 0.190. The van der Waals surface area contributed by atoms with E-state index in [0.717, 1.165) is 24.5 Å². The van der Waals surface area contributed by atoms with E-state index < -0.39 is 5.97 Å². The van der Waals surface area contributed by atoms with Gasteiger partial charge in [0, 0.05) is 36.2 Å². The third-order valence-corrected chi connectivity index (χ3v) is 4.34. The monoisotopic (exact) mass is 377 g/mol. The SMILES string of the molecule is CCN(CC)c1ccc(Nc2cc(Nc3ccc(C(=O)O)cc3)ncn2)cc1. The van der Waals surface area contributed by atoms with E-state index in [1.54, 1.807) is 30.3 Å². The highest BCUT2D eigenvalue weighted by Crippen LogP contribution is 2.22. The summed E-state index contributed by atoms with van der Waals surface area (Å²) < 4.78 is 0. The number of benzene rings is 2. The summed E-state index contributed by atoms with van der Waals surface area (Å²) in [4.78, 5) is 21.7. The zero-order valence-electron chi connectivity index (χ0n) is 15.9. The second-order valence-electron chi connectivity index (χ2n) is 6.14. The van der Waals surface area contributed by atoms with Gasteiger partial charge in [0.2, 0.25) is 0 Å². The Labute approximate surface area is 164 Å². The third-order valence-electron chi connectivity index (χ3n) is 4.34. The number of carbonyl (C=O) groups is 1. The van der Waals surface area contributed by atoms with Crippen LogP contribution in [0.15, 0.2) is 60.9 Å². The average molecular weight is 377 g/mol. The molecule has 7 heteroatoms. The van der Waals surface area contributed by atoms with E-state index in [1.807, 2.05) is 12.1 Å². The molecule has 0 spiro atoms. The van der Waals surface area contributed by atoms with Crippen molar-refractivity contribution in [2.24, 2.45) is 0 Å². The minimum absolute atomic E-state index is 0.240. The smallest absolute Gasteiger partial charge is 0.335 e. The molecule has 0 bridgehead atoms. The summed E-state index contributed by atoms with van der Waals surface area (Å²) in [7, 11) is 0. The summed E-state index contributed by atoms with van der Waals surface area (Å²) >= 11 is 0. The van der Waals surface area contributed by atoms with Gasteiger partial charge in [-0.15, -0.1) is 0 Å². The van der Waals surface area contributed by atoms with Gasteiger partial charge in [-0.1, -0.05) is 0 Å². The molecule has 1 heterocycles. The van der Waals surface area contributed by atoms with Crippen LogP contribution in [-0.4, -0.2) is 34.1 Å². The van der Waals surface area contributed by atoms with Crippen molar-refractivity contribution >= 4 is 34.7 Å². The van der Waals surface area contributed by atoms with Gasteiger partial charge < -0.3 is 20.6 Å². The van der Waals surface area contributed by atoms with Gasteiger partial charge in [-0.25, -0.2) is 14.8 Å². The fourth-order valence-electron chi connectivity index (χ4n) is 2.83. The molecule has 0 aliphatic heterocycles. The summed E-state index contributed by atoms with van der Waals surface area (Å²) in [5, 5.41) is 15.4. The maximum Gasteiger partial charge on any atom is 0.335 e. The second kappa shape index (κ2) is 8.85. The van der Waals surface area contributed by atoms with Crippen molar-refractivity contribution < 1.29 is 9.90 Å². The Morgan fingerprint density at radius 1 is 0.893 bits per heavy atom. The maximum absolute atomic E-state index is 10.9. The third kappa shape index (κ3) is 4.76. The van der Waals surface area contributed by atoms with Crippen molar-refractivity contribution in [1.82, 2.24) is 9.97 Å². The number of anilines is 5. The number of hydrogen-bond donors (Lipinski definition) is 3. The van der Waals surface area contributed by atoms with Crippen LogP contribution in [0.25, 0.3) is 0 Å². The van der Waals surface area contributed by atoms with E-state index in [2.05, 4.69) is 51.5 Å². The van der Waals surface area contributed by atoms with Crippen molar-refractivity contribution in [3.63, 3.8) is 0 Å². The van der Waals surface area contributed by atoms with E-state index in [4.69, 9.17) is 5.11 Å². The molecule has 7 nitrogen and oxygen atoms in total. The Kier molecular flexibility index (Phi) is 6.06. The first-order valence-corrected chi connectivity index (χ1v) is 9.13. The average Bonchev–Trinajstić information content (AvgIpc) is 2.71. The number of nitrogens with one attached hydrogen (secondary N) is 2. The number of aromatic carboxylic acids is 1.